The first-order valence-electron chi connectivity index (χ1n) is 4.51. The predicted octanol–water partition coefficient (Wildman–Crippen LogP) is -0.526. The molecule has 0 unspecified atom stereocenters. The van der Waals surface area contributed by atoms with Gasteiger partial charge in [0.25, 0.3) is 15.7 Å². The summed E-state index contributed by atoms with van der Waals surface area (Å²) in [7, 11) is -2.98. The molecule has 0 atom stereocenters. The standard InChI is InChI=1S/C9H8N2O5S/c1-11-7-4-5(17(14,15)16)2-3-6(7)8(12)10-9(11)13/h2-4H,1H3,(H,10,12,13)(H,14,15,16). The Morgan fingerprint density at radius 2 is 1.94 bits per heavy atom. The molecular weight excluding hydrogens is 248 g/mol. The fourth-order valence-electron chi connectivity index (χ4n) is 1.50. The minimum atomic E-state index is -4.36. The van der Waals surface area contributed by atoms with Crippen molar-refractivity contribution < 1.29 is 13.0 Å². The lowest BCUT2D eigenvalue weighted by Crippen LogP contribution is -2.28. The van der Waals surface area contributed by atoms with E-state index in [1.54, 1.807) is 0 Å². The van der Waals surface area contributed by atoms with Gasteiger partial charge in [0.2, 0.25) is 0 Å². The number of benzene rings is 1. The van der Waals surface area contributed by atoms with Crippen molar-refractivity contribution in [2.75, 3.05) is 0 Å². The molecule has 0 spiro atoms. The number of nitrogens with one attached hydrogen (secondary N) is 1. The number of H-pyrrole nitrogens is 1. The lowest BCUT2D eigenvalue weighted by atomic mass is 10.2. The van der Waals surface area contributed by atoms with Crippen molar-refractivity contribution in [2.45, 2.75) is 4.90 Å². The number of hydrogen-bond acceptors (Lipinski definition) is 4. The van der Waals surface area contributed by atoms with Crippen molar-refractivity contribution in [3.63, 3.8) is 0 Å². The van der Waals surface area contributed by atoms with Crippen molar-refractivity contribution >= 4 is 21.0 Å². The van der Waals surface area contributed by atoms with Gasteiger partial charge in [0.1, 0.15) is 0 Å². The molecule has 2 rings (SSSR count). The van der Waals surface area contributed by atoms with Crippen molar-refractivity contribution in [3.8, 4) is 0 Å². The average Bonchev–Trinajstić information content (AvgIpc) is 2.24. The van der Waals surface area contributed by atoms with Gasteiger partial charge < -0.3 is 0 Å². The largest absolute Gasteiger partial charge is 0.328 e. The second-order valence-corrected chi connectivity index (χ2v) is 4.89. The van der Waals surface area contributed by atoms with Gasteiger partial charge in [0.05, 0.1) is 15.8 Å². The van der Waals surface area contributed by atoms with E-state index in [4.69, 9.17) is 4.55 Å². The molecular formula is C9H8N2O5S. The van der Waals surface area contributed by atoms with Crippen LogP contribution in [0.15, 0.2) is 32.7 Å². The maximum atomic E-state index is 11.4. The summed E-state index contributed by atoms with van der Waals surface area (Å²) in [5.41, 5.74) is -1.13. The first-order valence-corrected chi connectivity index (χ1v) is 5.95. The summed E-state index contributed by atoms with van der Waals surface area (Å²) < 4.78 is 31.8. The zero-order valence-electron chi connectivity index (χ0n) is 8.67. The molecule has 0 fully saturated rings. The van der Waals surface area contributed by atoms with E-state index in [0.29, 0.717) is 0 Å². The van der Waals surface area contributed by atoms with E-state index in [2.05, 4.69) is 4.98 Å². The molecule has 0 saturated heterocycles. The number of fused-ring (bicyclic) bond motifs is 1. The Morgan fingerprint density at radius 3 is 2.53 bits per heavy atom. The molecule has 2 N–H and O–H groups in total. The summed E-state index contributed by atoms with van der Waals surface area (Å²) in [4.78, 5) is 24.5. The van der Waals surface area contributed by atoms with Crippen LogP contribution in [-0.4, -0.2) is 22.5 Å². The Labute approximate surface area is 95.1 Å². The fraction of sp³-hybridized carbons (Fsp3) is 0.111. The lowest BCUT2D eigenvalue weighted by Gasteiger charge is -2.04. The number of aryl methyl sites for hydroxylation is 1. The molecule has 0 aliphatic carbocycles. The smallest absolute Gasteiger partial charge is 0.296 e. The topological polar surface area (TPSA) is 109 Å². The van der Waals surface area contributed by atoms with E-state index in [1.807, 2.05) is 0 Å². The molecule has 7 nitrogen and oxygen atoms in total. The first kappa shape index (κ1) is 11.6. The van der Waals surface area contributed by atoms with Gasteiger partial charge in [0, 0.05) is 7.05 Å². The molecule has 1 aromatic heterocycles. The Bertz CT molecular complexity index is 815. The number of nitrogens with zero attached hydrogens (tertiary/aromatic N) is 1. The van der Waals surface area contributed by atoms with Crippen LogP contribution in [0.3, 0.4) is 0 Å². The maximum Gasteiger partial charge on any atom is 0.328 e. The summed E-state index contributed by atoms with van der Waals surface area (Å²) in [5, 5.41) is 0.166. The van der Waals surface area contributed by atoms with Gasteiger partial charge in [-0.15, -0.1) is 0 Å². The quantitative estimate of drug-likeness (QED) is 0.667. The molecule has 0 amide bonds. The highest BCUT2D eigenvalue weighted by atomic mass is 32.2. The number of aromatic amines is 1. The molecule has 17 heavy (non-hydrogen) atoms. The average molecular weight is 256 g/mol. The Balaban J connectivity index is 3.01. The molecule has 0 aliphatic rings. The van der Waals surface area contributed by atoms with Crippen LogP contribution < -0.4 is 11.2 Å². The maximum absolute atomic E-state index is 11.4. The number of rotatable bonds is 1. The zero-order chi connectivity index (χ0) is 12.8. The minimum Gasteiger partial charge on any atom is -0.296 e. The molecule has 8 heteroatoms. The Hall–Kier alpha value is -1.93. The van der Waals surface area contributed by atoms with Gasteiger partial charge in [-0.2, -0.15) is 8.42 Å². The lowest BCUT2D eigenvalue weighted by molar-refractivity contribution is 0.483. The molecule has 0 bridgehead atoms. The van der Waals surface area contributed by atoms with Gasteiger partial charge in [-0.25, -0.2) is 4.79 Å². The van der Waals surface area contributed by atoms with Crippen LogP contribution in [0.5, 0.6) is 0 Å². The van der Waals surface area contributed by atoms with Crippen LogP contribution in [0, 0.1) is 0 Å². The van der Waals surface area contributed by atoms with Crippen molar-refractivity contribution in [1.82, 2.24) is 9.55 Å². The summed E-state index contributed by atoms with van der Waals surface area (Å²) in [6, 6.07) is 3.40. The van der Waals surface area contributed by atoms with E-state index in [9.17, 15) is 18.0 Å². The van der Waals surface area contributed by atoms with Gasteiger partial charge in [0.15, 0.2) is 0 Å². The van der Waals surface area contributed by atoms with E-state index < -0.39 is 21.4 Å². The first-order chi connectivity index (χ1) is 7.80. The molecule has 2 aromatic rings. The van der Waals surface area contributed by atoms with E-state index in [-0.39, 0.29) is 15.8 Å². The van der Waals surface area contributed by atoms with Crippen LogP contribution >= 0.6 is 0 Å². The van der Waals surface area contributed by atoms with Crippen LogP contribution in [-0.2, 0) is 17.2 Å². The molecule has 0 aliphatic heterocycles. The fourth-order valence-corrected chi connectivity index (χ4v) is 2.00. The second kappa shape index (κ2) is 3.54. The number of hydrogen-bond donors (Lipinski definition) is 2. The third-order valence-electron chi connectivity index (χ3n) is 2.40. The highest BCUT2D eigenvalue weighted by Crippen LogP contribution is 2.14. The predicted molar refractivity (Wildman–Crippen MR) is 59.6 cm³/mol. The molecule has 1 aromatic carbocycles. The monoisotopic (exact) mass is 256 g/mol. The van der Waals surface area contributed by atoms with Gasteiger partial charge in [-0.1, -0.05) is 0 Å². The number of aromatic nitrogens is 2. The van der Waals surface area contributed by atoms with Crippen molar-refractivity contribution in [2.24, 2.45) is 7.05 Å². The SMILES string of the molecule is Cn1c(=O)[nH]c(=O)c2ccc(S(=O)(=O)O)cc21. The summed E-state index contributed by atoms with van der Waals surface area (Å²) in [6.45, 7) is 0. The molecule has 0 radical (unpaired) electrons. The highest BCUT2D eigenvalue weighted by molar-refractivity contribution is 7.85. The van der Waals surface area contributed by atoms with Crippen LogP contribution in [0.4, 0.5) is 0 Å². The Kier molecular flexibility index (Phi) is 2.40. The van der Waals surface area contributed by atoms with Crippen molar-refractivity contribution in [1.29, 1.82) is 0 Å². The molecule has 1 heterocycles. The summed E-state index contributed by atoms with van der Waals surface area (Å²) >= 11 is 0. The van der Waals surface area contributed by atoms with Crippen molar-refractivity contribution in [3.05, 3.63) is 39.0 Å². The third kappa shape index (κ3) is 1.87. The van der Waals surface area contributed by atoms with E-state index >= 15 is 0 Å². The zero-order valence-corrected chi connectivity index (χ0v) is 9.48. The van der Waals surface area contributed by atoms with Gasteiger partial charge >= 0.3 is 5.69 Å². The van der Waals surface area contributed by atoms with Crippen LogP contribution in [0.2, 0.25) is 0 Å². The van der Waals surface area contributed by atoms with E-state index in [0.717, 1.165) is 16.7 Å². The molecule has 90 valence electrons. The normalized spacial score (nSPS) is 11.9. The van der Waals surface area contributed by atoms with Crippen LogP contribution in [0.1, 0.15) is 0 Å². The highest BCUT2D eigenvalue weighted by Gasteiger charge is 2.12. The molecule has 0 saturated carbocycles. The summed E-state index contributed by atoms with van der Waals surface area (Å²) in [5.74, 6) is 0. The summed E-state index contributed by atoms with van der Waals surface area (Å²) in [6.07, 6.45) is 0. The Morgan fingerprint density at radius 1 is 1.29 bits per heavy atom. The minimum absolute atomic E-state index is 0.133. The van der Waals surface area contributed by atoms with Crippen LogP contribution in [0.25, 0.3) is 10.9 Å². The van der Waals surface area contributed by atoms with Gasteiger partial charge in [-0.05, 0) is 18.2 Å². The third-order valence-corrected chi connectivity index (χ3v) is 3.25. The van der Waals surface area contributed by atoms with E-state index in [1.165, 1.54) is 13.1 Å². The second-order valence-electron chi connectivity index (χ2n) is 3.47. The van der Waals surface area contributed by atoms with Gasteiger partial charge in [-0.3, -0.25) is 18.9 Å².